The lowest BCUT2D eigenvalue weighted by Crippen LogP contribution is -2.54. The molecule has 0 bridgehead atoms. The third kappa shape index (κ3) is 3.50. The molecule has 10 heteroatoms. The van der Waals surface area contributed by atoms with Crippen molar-refractivity contribution in [2.45, 2.75) is 6.10 Å². The van der Waals surface area contributed by atoms with Gasteiger partial charge in [0.25, 0.3) is 11.8 Å². The zero-order valence-electron chi connectivity index (χ0n) is 17.6. The van der Waals surface area contributed by atoms with Gasteiger partial charge in [-0.2, -0.15) is 5.10 Å². The van der Waals surface area contributed by atoms with E-state index >= 15 is 0 Å². The Kier molecular flexibility index (Phi) is 4.91. The monoisotopic (exact) mass is 431 g/mol. The fourth-order valence-electron chi connectivity index (χ4n) is 3.65. The highest BCUT2D eigenvalue weighted by Crippen LogP contribution is 2.21. The van der Waals surface area contributed by atoms with Gasteiger partial charge in [0, 0.05) is 50.8 Å². The predicted molar refractivity (Wildman–Crippen MR) is 116 cm³/mol. The molecular formula is C22H21N7O3. The van der Waals surface area contributed by atoms with Crippen LogP contribution >= 0.6 is 0 Å². The molecule has 1 aromatic carbocycles. The van der Waals surface area contributed by atoms with Crippen LogP contribution < -0.4 is 5.32 Å². The van der Waals surface area contributed by atoms with Crippen molar-refractivity contribution in [2.24, 2.45) is 7.05 Å². The van der Waals surface area contributed by atoms with Crippen LogP contribution in [0.5, 0.6) is 0 Å². The summed E-state index contributed by atoms with van der Waals surface area (Å²) in [4.78, 5) is 32.0. The van der Waals surface area contributed by atoms with E-state index < -0.39 is 5.91 Å². The minimum Gasteiger partial charge on any atom is -0.378 e. The predicted octanol–water partition coefficient (Wildman–Crippen LogP) is 1.85. The van der Waals surface area contributed by atoms with Crippen molar-refractivity contribution in [3.63, 3.8) is 0 Å². The summed E-state index contributed by atoms with van der Waals surface area (Å²) in [5.74, 6) is -0.0706. The Bertz CT molecular complexity index is 1310. The summed E-state index contributed by atoms with van der Waals surface area (Å²) in [6.07, 6.45) is 3.18. The zero-order valence-corrected chi connectivity index (χ0v) is 17.6. The van der Waals surface area contributed by atoms with Crippen molar-refractivity contribution < 1.29 is 14.3 Å². The van der Waals surface area contributed by atoms with Crippen molar-refractivity contribution in [3.8, 4) is 11.4 Å². The number of aromatic nitrogens is 5. The van der Waals surface area contributed by atoms with Crippen molar-refractivity contribution in [3.05, 3.63) is 66.1 Å². The number of ether oxygens (including phenoxy) is 1. The molecule has 0 saturated carbocycles. The first-order chi connectivity index (χ1) is 15.5. The summed E-state index contributed by atoms with van der Waals surface area (Å²) in [6.45, 7) is 0.997. The molecule has 3 aromatic heterocycles. The summed E-state index contributed by atoms with van der Waals surface area (Å²) >= 11 is 0. The van der Waals surface area contributed by atoms with Crippen molar-refractivity contribution >= 4 is 23.1 Å². The maximum absolute atomic E-state index is 13.0. The second kappa shape index (κ2) is 7.89. The number of nitrogens with one attached hydrogen (secondary N) is 1. The maximum atomic E-state index is 13.0. The Balaban J connectivity index is 1.37. The first-order valence-corrected chi connectivity index (χ1v) is 10.1. The van der Waals surface area contributed by atoms with Gasteiger partial charge < -0.3 is 15.0 Å². The van der Waals surface area contributed by atoms with Gasteiger partial charge in [-0.1, -0.05) is 30.3 Å². The van der Waals surface area contributed by atoms with Crippen molar-refractivity contribution in [1.82, 2.24) is 29.3 Å². The Morgan fingerprint density at radius 2 is 1.94 bits per heavy atom. The molecule has 10 nitrogen and oxygen atoms in total. The van der Waals surface area contributed by atoms with Gasteiger partial charge in [0.15, 0.2) is 11.5 Å². The number of nitrogens with zero attached hydrogens (tertiary/aromatic N) is 6. The van der Waals surface area contributed by atoms with E-state index in [2.05, 4.69) is 20.5 Å². The third-order valence-corrected chi connectivity index (χ3v) is 5.48. The minimum absolute atomic E-state index is 0.0311. The molecule has 4 aromatic rings. The number of pyridine rings is 1. The molecule has 0 unspecified atom stereocenters. The van der Waals surface area contributed by atoms with Crippen LogP contribution in [0.15, 0.2) is 54.9 Å². The SMILES string of the molecule is COC1CN(C(=O)c2cnn(C)c2C(=O)Nc2ccn3nc(-c4ccccc4)nc3c2)C1. The van der Waals surface area contributed by atoms with Crippen LogP contribution in [0.2, 0.25) is 0 Å². The first kappa shape index (κ1) is 19.9. The fraction of sp³-hybridized carbons (Fsp3) is 0.227. The quantitative estimate of drug-likeness (QED) is 0.517. The number of anilines is 1. The molecule has 5 rings (SSSR count). The number of rotatable bonds is 5. The number of fused-ring (bicyclic) bond motifs is 1. The number of methoxy groups -OCH3 is 1. The fourth-order valence-corrected chi connectivity index (χ4v) is 3.65. The van der Waals surface area contributed by atoms with Crippen LogP contribution in [0.25, 0.3) is 17.0 Å². The average molecular weight is 431 g/mol. The van der Waals surface area contributed by atoms with Crippen LogP contribution in [0, 0.1) is 0 Å². The van der Waals surface area contributed by atoms with Crippen LogP contribution in [0.4, 0.5) is 5.69 Å². The van der Waals surface area contributed by atoms with Crippen LogP contribution in [0.3, 0.4) is 0 Å². The number of benzene rings is 1. The van der Waals surface area contributed by atoms with E-state index in [1.165, 1.54) is 10.9 Å². The Morgan fingerprint density at radius 1 is 1.16 bits per heavy atom. The van der Waals surface area contributed by atoms with Gasteiger partial charge in [0.05, 0.1) is 17.9 Å². The normalized spacial score (nSPS) is 13.9. The molecule has 1 aliphatic rings. The zero-order chi connectivity index (χ0) is 22.2. The average Bonchev–Trinajstić information content (AvgIpc) is 3.36. The van der Waals surface area contributed by atoms with Gasteiger partial charge in [0.1, 0.15) is 5.69 Å². The van der Waals surface area contributed by atoms with Gasteiger partial charge >= 0.3 is 0 Å². The number of likely N-dealkylation sites (tertiary alicyclic amines) is 1. The molecule has 4 heterocycles. The highest BCUT2D eigenvalue weighted by atomic mass is 16.5. The second-order valence-corrected chi connectivity index (χ2v) is 7.57. The van der Waals surface area contributed by atoms with E-state index in [0.29, 0.717) is 30.2 Å². The number of carbonyl (C=O) groups excluding carboxylic acids is 2. The van der Waals surface area contributed by atoms with E-state index in [0.717, 1.165) is 5.56 Å². The largest absolute Gasteiger partial charge is 0.378 e. The van der Waals surface area contributed by atoms with Crippen LogP contribution in [-0.4, -0.2) is 67.4 Å². The van der Waals surface area contributed by atoms with Gasteiger partial charge in [-0.05, 0) is 6.07 Å². The van der Waals surface area contributed by atoms with Gasteiger partial charge in [-0.25, -0.2) is 9.50 Å². The molecule has 0 aliphatic carbocycles. The summed E-state index contributed by atoms with van der Waals surface area (Å²) in [6, 6.07) is 13.1. The lowest BCUT2D eigenvalue weighted by atomic mass is 10.1. The van der Waals surface area contributed by atoms with E-state index in [1.807, 2.05) is 30.3 Å². The minimum atomic E-state index is -0.427. The van der Waals surface area contributed by atoms with E-state index in [-0.39, 0.29) is 23.3 Å². The molecule has 2 amide bonds. The molecule has 32 heavy (non-hydrogen) atoms. The smallest absolute Gasteiger partial charge is 0.274 e. The van der Waals surface area contributed by atoms with E-state index in [4.69, 9.17) is 4.74 Å². The number of amides is 2. The molecule has 1 fully saturated rings. The van der Waals surface area contributed by atoms with E-state index in [9.17, 15) is 9.59 Å². The van der Waals surface area contributed by atoms with Gasteiger partial charge in [-0.15, -0.1) is 5.10 Å². The van der Waals surface area contributed by atoms with Gasteiger partial charge in [0.2, 0.25) is 0 Å². The summed E-state index contributed by atoms with van der Waals surface area (Å²) < 4.78 is 8.27. The second-order valence-electron chi connectivity index (χ2n) is 7.57. The molecule has 1 saturated heterocycles. The maximum Gasteiger partial charge on any atom is 0.274 e. The summed E-state index contributed by atoms with van der Waals surface area (Å²) in [5.41, 5.74) is 2.49. The molecule has 1 aliphatic heterocycles. The lowest BCUT2D eigenvalue weighted by Gasteiger charge is -2.37. The first-order valence-electron chi connectivity index (χ1n) is 10.1. The number of carbonyl (C=O) groups is 2. The van der Waals surface area contributed by atoms with Gasteiger partial charge in [-0.3, -0.25) is 14.3 Å². The summed E-state index contributed by atoms with van der Waals surface area (Å²) in [5, 5.41) is 11.4. The van der Waals surface area contributed by atoms with Crippen molar-refractivity contribution in [1.29, 1.82) is 0 Å². The number of hydrogen-bond donors (Lipinski definition) is 1. The number of hydrogen-bond acceptors (Lipinski definition) is 6. The molecule has 0 spiro atoms. The Labute approximate surface area is 183 Å². The molecule has 0 atom stereocenters. The highest BCUT2D eigenvalue weighted by molar-refractivity contribution is 6.11. The number of aryl methyl sites for hydroxylation is 1. The highest BCUT2D eigenvalue weighted by Gasteiger charge is 2.34. The Morgan fingerprint density at radius 3 is 2.69 bits per heavy atom. The molecule has 162 valence electrons. The molecular weight excluding hydrogens is 410 g/mol. The van der Waals surface area contributed by atoms with Crippen LogP contribution in [-0.2, 0) is 11.8 Å². The third-order valence-electron chi connectivity index (χ3n) is 5.48. The summed E-state index contributed by atoms with van der Waals surface area (Å²) in [7, 11) is 3.25. The van der Waals surface area contributed by atoms with Crippen molar-refractivity contribution in [2.75, 3.05) is 25.5 Å². The Hall–Kier alpha value is -4.05. The molecule has 0 radical (unpaired) electrons. The topological polar surface area (TPSA) is 107 Å². The van der Waals surface area contributed by atoms with E-state index in [1.54, 1.807) is 41.9 Å². The lowest BCUT2D eigenvalue weighted by molar-refractivity contribution is -0.0192. The standard InChI is InChI=1S/C22H21N7O3/c1-27-19(17(11-23-27)22(31)28-12-16(13-28)32-2)21(30)24-15-8-9-29-18(10-15)25-20(26-29)14-6-4-3-5-7-14/h3-11,16H,12-13H2,1-2H3,(H,24,30). The molecule has 1 N–H and O–H groups in total. The van der Waals surface area contributed by atoms with Crippen LogP contribution in [0.1, 0.15) is 20.8 Å².